The Labute approximate surface area is 109 Å². The number of alkyl halides is 3. The van der Waals surface area contributed by atoms with Crippen LogP contribution in [0.4, 0.5) is 13.2 Å². The Morgan fingerprint density at radius 2 is 2.06 bits per heavy atom. The van der Waals surface area contributed by atoms with Crippen LogP contribution in [0.1, 0.15) is 5.56 Å². The van der Waals surface area contributed by atoms with Gasteiger partial charge in [0.25, 0.3) is 0 Å². The van der Waals surface area contributed by atoms with Crippen molar-refractivity contribution in [2.24, 2.45) is 0 Å². The molecule has 6 heteroatoms. The van der Waals surface area contributed by atoms with Crippen LogP contribution in [-0.2, 0) is 6.18 Å². The Hall–Kier alpha value is -0.130. The van der Waals surface area contributed by atoms with Crippen molar-refractivity contribution in [1.29, 1.82) is 0 Å². The summed E-state index contributed by atoms with van der Waals surface area (Å²) in [7, 11) is 0. The molecule has 0 unspecified atom stereocenters. The van der Waals surface area contributed by atoms with Crippen LogP contribution in [0.5, 0.6) is 0 Å². The molecule has 0 amide bonds. The van der Waals surface area contributed by atoms with E-state index in [2.05, 4.69) is 22.5 Å². The van der Waals surface area contributed by atoms with Crippen molar-refractivity contribution in [3.05, 3.63) is 39.8 Å². The van der Waals surface area contributed by atoms with Gasteiger partial charge in [0.1, 0.15) is 0 Å². The second-order valence-electron chi connectivity index (χ2n) is 2.94. The summed E-state index contributed by atoms with van der Waals surface area (Å²) in [5.41, 5.74) is -0.662. The van der Waals surface area contributed by atoms with Gasteiger partial charge in [-0.15, -0.1) is 11.8 Å². The molecule has 1 aromatic rings. The molecule has 0 aliphatic rings. The third-order valence-corrected chi connectivity index (χ3v) is 3.58. The average molecular weight is 332 g/mol. The van der Waals surface area contributed by atoms with E-state index in [1.165, 1.54) is 6.07 Å². The normalized spacial score (nSPS) is 11.6. The van der Waals surface area contributed by atoms with Gasteiger partial charge in [0.05, 0.1) is 5.56 Å². The van der Waals surface area contributed by atoms with E-state index in [0.29, 0.717) is 9.51 Å². The first-order valence-corrected chi connectivity index (χ1v) is 6.29. The number of hydrogen-bond donors (Lipinski definition) is 0. The molecule has 0 nitrogen and oxygen atoms in total. The summed E-state index contributed by atoms with van der Waals surface area (Å²) in [4.78, 5) is 0.150. The van der Waals surface area contributed by atoms with Crippen LogP contribution in [0.3, 0.4) is 0 Å². The largest absolute Gasteiger partial charge is 0.417 e. The SMILES string of the molecule is C=C(Cl)CSc1ccc(Br)cc1C(F)(F)F. The smallest absolute Gasteiger partial charge is 0.166 e. The van der Waals surface area contributed by atoms with Crippen molar-refractivity contribution in [3.8, 4) is 0 Å². The number of hydrogen-bond acceptors (Lipinski definition) is 1. The maximum atomic E-state index is 12.7. The van der Waals surface area contributed by atoms with E-state index in [9.17, 15) is 13.2 Å². The lowest BCUT2D eigenvalue weighted by molar-refractivity contribution is -0.139. The quantitative estimate of drug-likeness (QED) is 0.676. The fourth-order valence-electron chi connectivity index (χ4n) is 1.01. The van der Waals surface area contributed by atoms with Crippen molar-refractivity contribution in [1.82, 2.24) is 0 Å². The minimum atomic E-state index is -4.36. The second kappa shape index (κ2) is 5.47. The lowest BCUT2D eigenvalue weighted by Gasteiger charge is -2.12. The Morgan fingerprint density at radius 3 is 2.56 bits per heavy atom. The van der Waals surface area contributed by atoms with Gasteiger partial charge in [0, 0.05) is 20.2 Å². The number of halogens is 5. The lowest BCUT2D eigenvalue weighted by atomic mass is 10.2. The Balaban J connectivity index is 3.03. The number of benzene rings is 1. The lowest BCUT2D eigenvalue weighted by Crippen LogP contribution is -2.06. The summed E-state index contributed by atoms with van der Waals surface area (Å²) >= 11 is 9.55. The predicted octanol–water partition coefficient (Wildman–Crippen LogP) is 5.31. The molecular weight excluding hydrogens is 325 g/mol. The molecule has 0 aliphatic carbocycles. The summed E-state index contributed by atoms with van der Waals surface area (Å²) in [6.07, 6.45) is -4.36. The maximum Gasteiger partial charge on any atom is 0.417 e. The zero-order valence-corrected chi connectivity index (χ0v) is 11.1. The van der Waals surface area contributed by atoms with Crippen LogP contribution in [-0.4, -0.2) is 5.75 Å². The highest BCUT2D eigenvalue weighted by Crippen LogP contribution is 2.38. The fraction of sp³-hybridized carbons (Fsp3) is 0.200. The van der Waals surface area contributed by atoms with E-state index >= 15 is 0 Å². The summed E-state index contributed by atoms with van der Waals surface area (Å²) in [6.45, 7) is 3.43. The molecule has 0 saturated carbocycles. The molecule has 0 heterocycles. The molecule has 0 N–H and O–H groups in total. The summed E-state index contributed by atoms with van der Waals surface area (Å²) in [5, 5.41) is 0.320. The first kappa shape index (κ1) is 13.9. The fourth-order valence-corrected chi connectivity index (χ4v) is 2.34. The summed E-state index contributed by atoms with van der Waals surface area (Å²) in [5.74, 6) is 0.256. The molecule has 0 aromatic heterocycles. The van der Waals surface area contributed by atoms with Crippen LogP contribution in [0, 0.1) is 0 Å². The average Bonchev–Trinajstić information content (AvgIpc) is 2.14. The third kappa shape index (κ3) is 4.03. The molecule has 88 valence electrons. The van der Waals surface area contributed by atoms with Gasteiger partial charge < -0.3 is 0 Å². The minimum absolute atomic E-state index is 0.150. The van der Waals surface area contributed by atoms with Crippen LogP contribution >= 0.6 is 39.3 Å². The molecule has 0 radical (unpaired) electrons. The van der Waals surface area contributed by atoms with E-state index in [1.807, 2.05) is 0 Å². The van der Waals surface area contributed by atoms with Crippen molar-refractivity contribution >= 4 is 39.3 Å². The van der Waals surface area contributed by atoms with Crippen molar-refractivity contribution < 1.29 is 13.2 Å². The highest BCUT2D eigenvalue weighted by Gasteiger charge is 2.33. The molecule has 0 aliphatic heterocycles. The first-order chi connectivity index (χ1) is 7.30. The van der Waals surface area contributed by atoms with Crippen molar-refractivity contribution in [3.63, 3.8) is 0 Å². The van der Waals surface area contributed by atoms with Gasteiger partial charge in [0.15, 0.2) is 0 Å². The predicted molar refractivity (Wildman–Crippen MR) is 64.9 cm³/mol. The number of rotatable bonds is 3. The van der Waals surface area contributed by atoms with E-state index in [0.717, 1.165) is 17.8 Å². The van der Waals surface area contributed by atoms with Gasteiger partial charge in [-0.3, -0.25) is 0 Å². The monoisotopic (exact) mass is 330 g/mol. The molecule has 0 saturated heterocycles. The van der Waals surface area contributed by atoms with Crippen LogP contribution < -0.4 is 0 Å². The van der Waals surface area contributed by atoms with Gasteiger partial charge in [-0.2, -0.15) is 13.2 Å². The molecule has 0 bridgehead atoms. The molecule has 0 fully saturated rings. The van der Waals surface area contributed by atoms with Gasteiger partial charge in [0.2, 0.25) is 0 Å². The topological polar surface area (TPSA) is 0 Å². The number of thioether (sulfide) groups is 1. The molecule has 1 rings (SSSR count). The van der Waals surface area contributed by atoms with Gasteiger partial charge in [-0.1, -0.05) is 34.1 Å². The van der Waals surface area contributed by atoms with Crippen molar-refractivity contribution in [2.75, 3.05) is 5.75 Å². The molecule has 0 spiro atoms. The minimum Gasteiger partial charge on any atom is -0.166 e. The highest BCUT2D eigenvalue weighted by atomic mass is 79.9. The van der Waals surface area contributed by atoms with Crippen LogP contribution in [0.15, 0.2) is 39.2 Å². The summed E-state index contributed by atoms with van der Waals surface area (Å²) in [6, 6.07) is 4.03. The van der Waals surface area contributed by atoms with Gasteiger partial charge in [-0.25, -0.2) is 0 Å². The molecule has 16 heavy (non-hydrogen) atoms. The van der Waals surface area contributed by atoms with E-state index in [-0.39, 0.29) is 10.6 Å². The maximum absolute atomic E-state index is 12.7. The van der Waals surface area contributed by atoms with Gasteiger partial charge in [-0.05, 0) is 18.2 Å². The van der Waals surface area contributed by atoms with Crippen LogP contribution in [0.25, 0.3) is 0 Å². The second-order valence-corrected chi connectivity index (χ2v) is 5.41. The van der Waals surface area contributed by atoms with E-state index < -0.39 is 11.7 Å². The standard InChI is InChI=1S/C10H7BrClF3S/c1-6(12)5-16-9-3-2-7(11)4-8(9)10(13,14)15/h2-4H,1,5H2. The zero-order valence-electron chi connectivity index (χ0n) is 7.94. The van der Waals surface area contributed by atoms with E-state index in [4.69, 9.17) is 11.6 Å². The third-order valence-electron chi connectivity index (χ3n) is 1.63. The zero-order chi connectivity index (χ0) is 12.3. The summed E-state index contributed by atoms with van der Waals surface area (Å²) < 4.78 is 38.4. The first-order valence-electron chi connectivity index (χ1n) is 4.13. The Bertz CT molecular complexity index is 404. The molecule has 0 atom stereocenters. The van der Waals surface area contributed by atoms with Gasteiger partial charge >= 0.3 is 6.18 Å². The highest BCUT2D eigenvalue weighted by molar-refractivity contribution is 9.10. The van der Waals surface area contributed by atoms with E-state index in [1.54, 1.807) is 6.07 Å². The Kier molecular flexibility index (Phi) is 4.76. The van der Waals surface area contributed by atoms with Crippen molar-refractivity contribution in [2.45, 2.75) is 11.1 Å². The molecule has 1 aromatic carbocycles. The van der Waals surface area contributed by atoms with Crippen LogP contribution in [0.2, 0.25) is 0 Å². The molecular formula is C10H7BrClF3S. The Morgan fingerprint density at radius 1 is 1.44 bits per heavy atom.